The van der Waals surface area contributed by atoms with Crippen LogP contribution in [0, 0.1) is 0 Å². The molecule has 3 atom stereocenters. The molecule has 0 saturated carbocycles. The molecule has 0 aliphatic rings. The van der Waals surface area contributed by atoms with Gasteiger partial charge in [-0.1, -0.05) is 58.8 Å². The summed E-state index contributed by atoms with van der Waals surface area (Å²) in [4.78, 5) is 0. The second-order valence-electron chi connectivity index (χ2n) is 5.69. The van der Waals surface area contributed by atoms with Gasteiger partial charge in [0, 0.05) is 6.04 Å². The molecule has 0 radical (unpaired) electrons. The molecule has 0 aliphatic carbocycles. The molecule has 0 aromatic heterocycles. The maximum absolute atomic E-state index is 10.3. The van der Waals surface area contributed by atoms with Crippen LogP contribution < -0.4 is 5.73 Å². The van der Waals surface area contributed by atoms with E-state index in [9.17, 15) is 10.2 Å². The average molecular weight is 259 g/mol. The highest BCUT2D eigenvalue weighted by atomic mass is 16.3. The van der Waals surface area contributed by atoms with Crippen molar-refractivity contribution in [1.82, 2.24) is 0 Å². The molecule has 0 heterocycles. The molecule has 3 unspecified atom stereocenters. The molecule has 18 heavy (non-hydrogen) atoms. The van der Waals surface area contributed by atoms with E-state index in [2.05, 4.69) is 13.8 Å². The molecule has 0 fully saturated rings. The number of rotatable bonds is 11. The Labute approximate surface area is 113 Å². The first-order valence-electron chi connectivity index (χ1n) is 7.62. The van der Waals surface area contributed by atoms with Gasteiger partial charge in [0.1, 0.15) is 5.60 Å². The average Bonchev–Trinajstić information content (AvgIpc) is 2.34. The number of nitrogens with two attached hydrogens (primary N) is 1. The van der Waals surface area contributed by atoms with E-state index in [4.69, 9.17) is 5.73 Å². The second-order valence-corrected chi connectivity index (χ2v) is 5.69. The van der Waals surface area contributed by atoms with Crippen LogP contribution in [0.1, 0.15) is 78.6 Å². The molecular weight excluding hydrogens is 226 g/mol. The lowest BCUT2D eigenvalue weighted by molar-refractivity contribution is -0.0833. The van der Waals surface area contributed by atoms with Gasteiger partial charge in [-0.3, -0.25) is 0 Å². The number of aliphatic hydroxyl groups excluding tert-OH is 1. The minimum atomic E-state index is -1.15. The van der Waals surface area contributed by atoms with Crippen LogP contribution in [-0.4, -0.2) is 28.0 Å². The number of unbranched alkanes of at least 4 members (excludes halogenated alkanes) is 5. The van der Waals surface area contributed by atoms with Gasteiger partial charge in [-0.2, -0.15) is 0 Å². The van der Waals surface area contributed by atoms with Gasteiger partial charge in [-0.25, -0.2) is 0 Å². The van der Waals surface area contributed by atoms with Crippen LogP contribution in [0.2, 0.25) is 0 Å². The van der Waals surface area contributed by atoms with Gasteiger partial charge in [0.2, 0.25) is 0 Å². The summed E-state index contributed by atoms with van der Waals surface area (Å²) in [5.41, 5.74) is 4.88. The molecule has 110 valence electrons. The molecule has 0 saturated heterocycles. The SMILES string of the molecule is CCCCCCC(N)C(C)(O)C(O)CCCCC. The van der Waals surface area contributed by atoms with Crippen molar-refractivity contribution in [2.45, 2.75) is 96.3 Å². The van der Waals surface area contributed by atoms with Gasteiger partial charge in [-0.05, 0) is 19.8 Å². The van der Waals surface area contributed by atoms with Crippen molar-refractivity contribution in [3.05, 3.63) is 0 Å². The van der Waals surface area contributed by atoms with Gasteiger partial charge in [0.05, 0.1) is 6.10 Å². The first-order valence-corrected chi connectivity index (χ1v) is 7.62. The zero-order valence-electron chi connectivity index (χ0n) is 12.5. The van der Waals surface area contributed by atoms with E-state index < -0.39 is 11.7 Å². The standard InChI is InChI=1S/C15H33NO2/c1-4-6-8-10-11-13(16)15(3,18)14(17)12-9-7-5-2/h13-14,17-18H,4-12,16H2,1-3H3. The molecule has 3 nitrogen and oxygen atoms in total. The first-order chi connectivity index (χ1) is 8.46. The number of hydrogen-bond acceptors (Lipinski definition) is 3. The Morgan fingerprint density at radius 2 is 1.44 bits per heavy atom. The minimum Gasteiger partial charge on any atom is -0.390 e. The van der Waals surface area contributed by atoms with E-state index in [1.54, 1.807) is 6.92 Å². The molecule has 0 aromatic carbocycles. The van der Waals surface area contributed by atoms with Crippen LogP contribution in [0.4, 0.5) is 0 Å². The maximum Gasteiger partial charge on any atom is 0.103 e. The topological polar surface area (TPSA) is 66.5 Å². The zero-order chi connectivity index (χ0) is 14.0. The van der Waals surface area contributed by atoms with Crippen molar-refractivity contribution in [1.29, 1.82) is 0 Å². The Morgan fingerprint density at radius 1 is 0.944 bits per heavy atom. The summed E-state index contributed by atoms with van der Waals surface area (Å²) >= 11 is 0. The van der Waals surface area contributed by atoms with Gasteiger partial charge in [0.15, 0.2) is 0 Å². The summed E-state index contributed by atoms with van der Waals surface area (Å²) in [6.45, 7) is 5.98. The second kappa shape index (κ2) is 9.76. The van der Waals surface area contributed by atoms with E-state index in [0.717, 1.165) is 38.5 Å². The summed E-state index contributed by atoms with van der Waals surface area (Å²) < 4.78 is 0. The third-order valence-corrected chi connectivity index (χ3v) is 3.88. The van der Waals surface area contributed by atoms with Crippen molar-refractivity contribution in [2.24, 2.45) is 5.73 Å². The smallest absolute Gasteiger partial charge is 0.103 e. The fourth-order valence-electron chi connectivity index (χ4n) is 2.21. The predicted molar refractivity (Wildman–Crippen MR) is 77.5 cm³/mol. The molecule has 0 aliphatic heterocycles. The molecule has 0 spiro atoms. The third kappa shape index (κ3) is 6.72. The summed E-state index contributed by atoms with van der Waals surface area (Å²) in [7, 11) is 0. The van der Waals surface area contributed by atoms with Crippen LogP contribution in [0.5, 0.6) is 0 Å². The van der Waals surface area contributed by atoms with E-state index in [1.807, 2.05) is 0 Å². The lowest BCUT2D eigenvalue weighted by Crippen LogP contribution is -2.53. The highest BCUT2D eigenvalue weighted by Gasteiger charge is 2.35. The molecule has 3 heteroatoms. The van der Waals surface area contributed by atoms with E-state index in [-0.39, 0.29) is 6.04 Å². The largest absolute Gasteiger partial charge is 0.390 e. The summed E-state index contributed by atoms with van der Waals surface area (Å²) in [5.74, 6) is 0. The Hall–Kier alpha value is -0.120. The molecule has 0 amide bonds. The van der Waals surface area contributed by atoms with E-state index in [0.29, 0.717) is 6.42 Å². The van der Waals surface area contributed by atoms with Crippen molar-refractivity contribution < 1.29 is 10.2 Å². The highest BCUT2D eigenvalue weighted by Crippen LogP contribution is 2.22. The highest BCUT2D eigenvalue weighted by molar-refractivity contribution is 4.91. The molecule has 4 N–H and O–H groups in total. The van der Waals surface area contributed by atoms with Crippen LogP contribution in [0.15, 0.2) is 0 Å². The molecule has 0 aromatic rings. The fraction of sp³-hybridized carbons (Fsp3) is 1.00. The third-order valence-electron chi connectivity index (χ3n) is 3.88. The summed E-state index contributed by atoms with van der Waals surface area (Å²) in [6.07, 6.45) is 8.51. The maximum atomic E-state index is 10.3. The predicted octanol–water partition coefficient (Wildman–Crippen LogP) is 2.98. The van der Waals surface area contributed by atoms with Crippen molar-refractivity contribution in [3.8, 4) is 0 Å². The molecular formula is C15H33NO2. The van der Waals surface area contributed by atoms with Gasteiger partial charge in [-0.15, -0.1) is 0 Å². The van der Waals surface area contributed by atoms with Gasteiger partial charge in [0.25, 0.3) is 0 Å². The monoisotopic (exact) mass is 259 g/mol. The lowest BCUT2D eigenvalue weighted by Gasteiger charge is -2.35. The van der Waals surface area contributed by atoms with E-state index >= 15 is 0 Å². The first kappa shape index (κ1) is 17.9. The zero-order valence-corrected chi connectivity index (χ0v) is 12.5. The minimum absolute atomic E-state index is 0.328. The van der Waals surface area contributed by atoms with Crippen LogP contribution in [0.3, 0.4) is 0 Å². The number of hydrogen-bond donors (Lipinski definition) is 3. The van der Waals surface area contributed by atoms with Gasteiger partial charge < -0.3 is 15.9 Å². The lowest BCUT2D eigenvalue weighted by atomic mass is 9.85. The Balaban J connectivity index is 3.99. The van der Waals surface area contributed by atoms with Crippen LogP contribution in [0.25, 0.3) is 0 Å². The van der Waals surface area contributed by atoms with Gasteiger partial charge >= 0.3 is 0 Å². The summed E-state index contributed by atoms with van der Waals surface area (Å²) in [6, 6.07) is -0.328. The van der Waals surface area contributed by atoms with Crippen molar-refractivity contribution in [2.75, 3.05) is 0 Å². The Kier molecular flexibility index (Phi) is 9.70. The summed E-state index contributed by atoms with van der Waals surface area (Å²) in [5, 5.41) is 20.4. The number of aliphatic hydroxyl groups is 2. The van der Waals surface area contributed by atoms with Crippen LogP contribution in [-0.2, 0) is 0 Å². The molecule has 0 bridgehead atoms. The van der Waals surface area contributed by atoms with Crippen molar-refractivity contribution in [3.63, 3.8) is 0 Å². The fourth-order valence-corrected chi connectivity index (χ4v) is 2.21. The molecule has 0 rings (SSSR count). The van der Waals surface area contributed by atoms with Crippen LogP contribution >= 0.6 is 0 Å². The van der Waals surface area contributed by atoms with E-state index in [1.165, 1.54) is 12.8 Å². The Morgan fingerprint density at radius 3 is 2.00 bits per heavy atom. The quantitative estimate of drug-likeness (QED) is 0.500. The van der Waals surface area contributed by atoms with Crippen molar-refractivity contribution >= 4 is 0 Å². The normalized spacial score (nSPS) is 18.3. The Bertz CT molecular complexity index is 195.